The van der Waals surface area contributed by atoms with Crippen molar-refractivity contribution in [3.63, 3.8) is 0 Å². The Morgan fingerprint density at radius 3 is 2.36 bits per heavy atom. The van der Waals surface area contributed by atoms with Gasteiger partial charge in [-0.25, -0.2) is 0 Å². The Labute approximate surface area is 152 Å². The Hall–Kier alpha value is -2.76. The van der Waals surface area contributed by atoms with Crippen molar-refractivity contribution in [3.8, 4) is 11.1 Å². The molecule has 0 heterocycles. The van der Waals surface area contributed by atoms with Crippen molar-refractivity contribution < 1.29 is 0 Å². The maximum atomic E-state index is 4.04. The lowest BCUT2D eigenvalue weighted by atomic mass is 9.97. The Morgan fingerprint density at radius 1 is 1.04 bits per heavy atom. The van der Waals surface area contributed by atoms with E-state index < -0.39 is 0 Å². The first kappa shape index (κ1) is 18.6. The van der Waals surface area contributed by atoms with Gasteiger partial charge in [-0.1, -0.05) is 72.8 Å². The maximum absolute atomic E-state index is 4.04. The summed E-state index contributed by atoms with van der Waals surface area (Å²) in [5, 5.41) is 0. The van der Waals surface area contributed by atoms with E-state index >= 15 is 0 Å². The molecule has 2 rings (SSSR count). The molecule has 0 unspecified atom stereocenters. The standard InChI is InChI=1S/C24H27N/c1-5-7-18-25(19-17-20(3)4)24(6-2)23-16-12-11-15-22(23)21-13-9-8-10-14-21/h5,8-16H,1-3,7,17-19H2,4H3. The van der Waals surface area contributed by atoms with Crippen molar-refractivity contribution in [1.29, 1.82) is 0 Å². The molecule has 0 saturated heterocycles. The van der Waals surface area contributed by atoms with E-state index in [-0.39, 0.29) is 0 Å². The summed E-state index contributed by atoms with van der Waals surface area (Å²) in [5.74, 6) is 0. The fraction of sp³-hybridized carbons (Fsp3) is 0.208. The fourth-order valence-electron chi connectivity index (χ4n) is 2.84. The van der Waals surface area contributed by atoms with E-state index in [1.54, 1.807) is 0 Å². The van der Waals surface area contributed by atoms with Gasteiger partial charge in [0.15, 0.2) is 0 Å². The SMILES string of the molecule is C=C=C(c1ccccc1-c1ccccc1)N(CCC=C)CCC(=C)C. The Morgan fingerprint density at radius 2 is 1.72 bits per heavy atom. The summed E-state index contributed by atoms with van der Waals surface area (Å²) >= 11 is 0. The van der Waals surface area contributed by atoms with E-state index in [2.05, 4.69) is 85.8 Å². The molecule has 128 valence electrons. The molecule has 0 fully saturated rings. The van der Waals surface area contributed by atoms with Crippen molar-refractivity contribution in [2.24, 2.45) is 0 Å². The van der Waals surface area contributed by atoms with Crippen LogP contribution in [0.15, 0.2) is 91.7 Å². The third-order valence-electron chi connectivity index (χ3n) is 4.16. The van der Waals surface area contributed by atoms with Gasteiger partial charge in [0.1, 0.15) is 0 Å². The van der Waals surface area contributed by atoms with E-state index in [0.29, 0.717) is 0 Å². The van der Waals surface area contributed by atoms with Gasteiger partial charge in [-0.05, 0) is 30.9 Å². The Kier molecular flexibility index (Phi) is 7.07. The molecule has 0 atom stereocenters. The zero-order chi connectivity index (χ0) is 18.1. The quantitative estimate of drug-likeness (QED) is 0.384. The van der Waals surface area contributed by atoms with Crippen LogP contribution < -0.4 is 0 Å². The molecule has 0 saturated carbocycles. The molecule has 0 amide bonds. The minimum absolute atomic E-state index is 0.901. The summed E-state index contributed by atoms with van der Waals surface area (Å²) < 4.78 is 0. The van der Waals surface area contributed by atoms with Crippen LogP contribution in [0.5, 0.6) is 0 Å². The molecule has 0 aliphatic heterocycles. The van der Waals surface area contributed by atoms with Gasteiger partial charge in [-0.15, -0.1) is 18.9 Å². The number of rotatable bonds is 9. The smallest absolute Gasteiger partial charge is 0.0873 e. The van der Waals surface area contributed by atoms with Crippen LogP contribution in [0.1, 0.15) is 25.3 Å². The highest BCUT2D eigenvalue weighted by atomic mass is 15.1. The second kappa shape index (κ2) is 9.52. The number of hydrogen-bond donors (Lipinski definition) is 0. The van der Waals surface area contributed by atoms with Gasteiger partial charge in [0.25, 0.3) is 0 Å². The second-order valence-corrected chi connectivity index (χ2v) is 6.21. The number of hydrogen-bond acceptors (Lipinski definition) is 1. The van der Waals surface area contributed by atoms with Gasteiger partial charge in [-0.3, -0.25) is 0 Å². The van der Waals surface area contributed by atoms with Crippen LogP contribution >= 0.6 is 0 Å². The summed E-state index contributed by atoms with van der Waals surface area (Å²) in [5.41, 5.74) is 8.98. The van der Waals surface area contributed by atoms with E-state index in [4.69, 9.17) is 0 Å². The molecule has 1 heteroatoms. The Bertz CT molecular complexity index is 764. The van der Waals surface area contributed by atoms with Crippen LogP contribution in [0.25, 0.3) is 16.8 Å². The lowest BCUT2D eigenvalue weighted by Crippen LogP contribution is -2.24. The van der Waals surface area contributed by atoms with Gasteiger partial charge >= 0.3 is 0 Å². The summed E-state index contributed by atoms with van der Waals surface area (Å²) in [6.45, 7) is 15.8. The van der Waals surface area contributed by atoms with E-state index in [9.17, 15) is 0 Å². The first-order valence-corrected chi connectivity index (χ1v) is 8.72. The van der Waals surface area contributed by atoms with E-state index in [1.807, 2.05) is 12.1 Å². The van der Waals surface area contributed by atoms with Crippen LogP contribution in [-0.2, 0) is 0 Å². The molecule has 25 heavy (non-hydrogen) atoms. The van der Waals surface area contributed by atoms with Gasteiger partial charge in [0, 0.05) is 18.7 Å². The Balaban J connectivity index is 2.43. The molecule has 0 aliphatic carbocycles. The molecule has 2 aromatic carbocycles. The summed E-state index contributed by atoms with van der Waals surface area (Å²) in [6, 6.07) is 18.9. The first-order chi connectivity index (χ1) is 12.2. The third kappa shape index (κ3) is 5.11. The van der Waals surface area contributed by atoms with Gasteiger partial charge in [-0.2, -0.15) is 0 Å². The molecular weight excluding hydrogens is 302 g/mol. The van der Waals surface area contributed by atoms with Crippen molar-refractivity contribution in [1.82, 2.24) is 4.90 Å². The van der Waals surface area contributed by atoms with Crippen LogP contribution in [0.2, 0.25) is 0 Å². The zero-order valence-electron chi connectivity index (χ0n) is 15.2. The molecular formula is C24H27N. The monoisotopic (exact) mass is 329 g/mol. The van der Waals surface area contributed by atoms with Crippen LogP contribution in [0.3, 0.4) is 0 Å². The molecule has 0 N–H and O–H groups in total. The minimum Gasteiger partial charge on any atom is -0.364 e. The molecule has 2 aromatic rings. The maximum Gasteiger partial charge on any atom is 0.0873 e. The minimum atomic E-state index is 0.901. The van der Waals surface area contributed by atoms with Crippen molar-refractivity contribution in [2.75, 3.05) is 13.1 Å². The number of nitrogens with zero attached hydrogens (tertiary/aromatic N) is 1. The van der Waals surface area contributed by atoms with Crippen molar-refractivity contribution in [3.05, 3.63) is 97.3 Å². The molecule has 0 bridgehead atoms. The molecule has 0 spiro atoms. The predicted octanol–water partition coefficient (Wildman–Crippen LogP) is 6.32. The van der Waals surface area contributed by atoms with Crippen LogP contribution in [-0.4, -0.2) is 18.0 Å². The lowest BCUT2D eigenvalue weighted by molar-refractivity contribution is 0.408. The van der Waals surface area contributed by atoms with Crippen molar-refractivity contribution >= 4 is 5.70 Å². The second-order valence-electron chi connectivity index (χ2n) is 6.21. The third-order valence-corrected chi connectivity index (χ3v) is 4.16. The zero-order valence-corrected chi connectivity index (χ0v) is 15.2. The number of benzene rings is 2. The van der Waals surface area contributed by atoms with Gasteiger partial charge in [0.2, 0.25) is 0 Å². The van der Waals surface area contributed by atoms with Gasteiger partial charge in [0.05, 0.1) is 5.70 Å². The molecule has 1 nitrogen and oxygen atoms in total. The predicted molar refractivity (Wildman–Crippen MR) is 110 cm³/mol. The van der Waals surface area contributed by atoms with E-state index in [0.717, 1.165) is 37.2 Å². The largest absolute Gasteiger partial charge is 0.364 e. The van der Waals surface area contributed by atoms with Crippen molar-refractivity contribution in [2.45, 2.75) is 19.8 Å². The molecule has 0 aliphatic rings. The highest BCUT2D eigenvalue weighted by Gasteiger charge is 2.15. The first-order valence-electron chi connectivity index (χ1n) is 8.72. The normalized spacial score (nSPS) is 9.96. The summed E-state index contributed by atoms with van der Waals surface area (Å²) in [7, 11) is 0. The average Bonchev–Trinajstić information content (AvgIpc) is 2.65. The van der Waals surface area contributed by atoms with Crippen LogP contribution in [0, 0.1) is 0 Å². The highest BCUT2D eigenvalue weighted by molar-refractivity contribution is 5.80. The van der Waals surface area contributed by atoms with E-state index in [1.165, 1.54) is 16.7 Å². The summed E-state index contributed by atoms with van der Waals surface area (Å²) in [6.07, 6.45) is 3.84. The van der Waals surface area contributed by atoms with Gasteiger partial charge < -0.3 is 4.90 Å². The molecule has 0 aromatic heterocycles. The van der Waals surface area contributed by atoms with Crippen LogP contribution in [0.4, 0.5) is 0 Å². The fourth-order valence-corrected chi connectivity index (χ4v) is 2.84. The highest BCUT2D eigenvalue weighted by Crippen LogP contribution is 2.30. The average molecular weight is 329 g/mol. The topological polar surface area (TPSA) is 3.24 Å². The lowest BCUT2D eigenvalue weighted by Gasteiger charge is -2.27. The molecule has 0 radical (unpaired) electrons. The summed E-state index contributed by atoms with van der Waals surface area (Å²) in [4.78, 5) is 2.34.